The van der Waals surface area contributed by atoms with Crippen LogP contribution in [-0.4, -0.2) is 35.0 Å². The molecule has 0 unspecified atom stereocenters. The van der Waals surface area contributed by atoms with Crippen molar-refractivity contribution >= 4 is 56.2 Å². The highest BCUT2D eigenvalue weighted by Gasteiger charge is 2.16. The number of rotatable bonds is 9. The lowest BCUT2D eigenvalue weighted by molar-refractivity contribution is -0.118. The molecule has 0 atom stereocenters. The molecule has 0 aliphatic heterocycles. The molecule has 1 N–H and O–H groups in total. The first-order valence-corrected chi connectivity index (χ1v) is 13.6. The number of nitrogens with one attached hydrogen (secondary N) is 1. The lowest BCUT2D eigenvalue weighted by atomic mass is 10.2. The van der Waals surface area contributed by atoms with Crippen LogP contribution in [0.1, 0.15) is 43.6 Å². The maximum Gasteiger partial charge on any atom is 0.282 e. The number of benzene rings is 3. The Balaban J connectivity index is 1.62. The summed E-state index contributed by atoms with van der Waals surface area (Å²) >= 11 is 9.96. The van der Waals surface area contributed by atoms with Crippen molar-refractivity contribution in [3.05, 3.63) is 91.4 Å². The van der Waals surface area contributed by atoms with E-state index in [-0.39, 0.29) is 34.8 Å². The van der Waals surface area contributed by atoms with Crippen molar-refractivity contribution in [1.29, 1.82) is 0 Å². The number of carbonyl (C=O) groups excluding carboxylic acids is 1. The van der Waals surface area contributed by atoms with Gasteiger partial charge in [-0.05, 0) is 61.4 Å². The van der Waals surface area contributed by atoms with Crippen LogP contribution in [0, 0.1) is 6.92 Å². The van der Waals surface area contributed by atoms with Crippen molar-refractivity contribution in [3.8, 4) is 11.5 Å². The molecule has 8 nitrogen and oxygen atoms in total. The summed E-state index contributed by atoms with van der Waals surface area (Å²) in [4.78, 5) is 30.5. The average molecular weight is 612 g/mol. The van der Waals surface area contributed by atoms with Crippen LogP contribution < -0.4 is 20.3 Å². The summed E-state index contributed by atoms with van der Waals surface area (Å²) < 4.78 is 13.6. The number of aromatic nitrogens is 2. The van der Waals surface area contributed by atoms with E-state index in [9.17, 15) is 9.59 Å². The Hall–Kier alpha value is -3.69. The van der Waals surface area contributed by atoms with Gasteiger partial charge in [-0.15, -0.1) is 0 Å². The van der Waals surface area contributed by atoms with E-state index in [1.54, 1.807) is 24.3 Å². The minimum atomic E-state index is -0.329. The van der Waals surface area contributed by atoms with Gasteiger partial charge in [0.2, 0.25) is 0 Å². The summed E-state index contributed by atoms with van der Waals surface area (Å²) in [6, 6.07) is 16.2. The summed E-state index contributed by atoms with van der Waals surface area (Å²) in [7, 11) is 0. The molecule has 1 amide bonds. The molecule has 0 saturated carbocycles. The van der Waals surface area contributed by atoms with Crippen molar-refractivity contribution in [2.24, 2.45) is 5.10 Å². The van der Waals surface area contributed by atoms with Gasteiger partial charge in [0.05, 0.1) is 28.7 Å². The molecule has 0 aliphatic rings. The number of amides is 1. The van der Waals surface area contributed by atoms with Crippen LogP contribution in [-0.2, 0) is 4.79 Å². The van der Waals surface area contributed by atoms with Gasteiger partial charge < -0.3 is 14.8 Å². The molecular formula is C29H28BrClN4O4. The summed E-state index contributed by atoms with van der Waals surface area (Å²) in [6.07, 6.45) is 1.52. The van der Waals surface area contributed by atoms with Crippen molar-refractivity contribution < 1.29 is 14.3 Å². The number of anilines is 1. The van der Waals surface area contributed by atoms with Gasteiger partial charge in [0.25, 0.3) is 11.5 Å². The lowest BCUT2D eigenvalue weighted by Crippen LogP contribution is -2.23. The third kappa shape index (κ3) is 6.66. The van der Waals surface area contributed by atoms with Crippen molar-refractivity contribution in [2.75, 3.05) is 18.5 Å². The molecule has 0 saturated heterocycles. The number of para-hydroxylation sites is 1. The fraction of sp³-hybridized carbons (Fsp3) is 0.241. The molecule has 0 fully saturated rings. The first-order valence-electron chi connectivity index (χ1n) is 12.4. The Morgan fingerprint density at radius 1 is 1.18 bits per heavy atom. The molecule has 3 aromatic carbocycles. The molecule has 1 heterocycles. The highest BCUT2D eigenvalue weighted by atomic mass is 79.9. The molecule has 1 aromatic heterocycles. The fourth-order valence-corrected chi connectivity index (χ4v) is 4.51. The zero-order valence-electron chi connectivity index (χ0n) is 22.0. The van der Waals surface area contributed by atoms with Gasteiger partial charge in [-0.2, -0.15) is 9.78 Å². The number of aryl methyl sites for hydroxylation is 1. The van der Waals surface area contributed by atoms with Crippen LogP contribution in [0.4, 0.5) is 5.69 Å². The van der Waals surface area contributed by atoms with Gasteiger partial charge in [-0.1, -0.05) is 59.6 Å². The van der Waals surface area contributed by atoms with Gasteiger partial charge in [-0.25, -0.2) is 4.98 Å². The van der Waals surface area contributed by atoms with Crippen LogP contribution in [0.2, 0.25) is 5.02 Å². The highest BCUT2D eigenvalue weighted by Crippen LogP contribution is 2.36. The number of fused-ring (bicyclic) bond motifs is 1. The minimum Gasteiger partial charge on any atom is -0.490 e. The van der Waals surface area contributed by atoms with Gasteiger partial charge in [0, 0.05) is 16.1 Å². The van der Waals surface area contributed by atoms with E-state index in [2.05, 4.69) is 31.3 Å². The first kappa shape index (κ1) is 28.3. The third-order valence-electron chi connectivity index (χ3n) is 5.77. The smallest absolute Gasteiger partial charge is 0.282 e. The Kier molecular flexibility index (Phi) is 9.04. The largest absolute Gasteiger partial charge is 0.490 e. The zero-order valence-corrected chi connectivity index (χ0v) is 24.3. The Morgan fingerprint density at radius 3 is 2.67 bits per heavy atom. The monoisotopic (exact) mass is 610 g/mol. The summed E-state index contributed by atoms with van der Waals surface area (Å²) in [5.74, 6) is 0.748. The van der Waals surface area contributed by atoms with Crippen LogP contribution in [0.15, 0.2) is 69.0 Å². The van der Waals surface area contributed by atoms with E-state index in [1.807, 2.05) is 58.0 Å². The maximum absolute atomic E-state index is 13.3. The second-order valence-corrected chi connectivity index (χ2v) is 10.4. The van der Waals surface area contributed by atoms with Crippen molar-refractivity contribution in [2.45, 2.75) is 33.6 Å². The molecule has 4 rings (SSSR count). The standard InChI is InChI=1S/C29H28BrClN4O4/c1-5-38-25-13-19(12-22(31)27(25)39-16-26(36)33-23-9-7-6-8-18(23)4)15-32-35-28(17(2)3)34-24-11-10-20(30)14-21(24)29(35)37/h6-15,17H,5,16H2,1-4H3,(H,33,36). The SMILES string of the molecule is CCOc1cc(C=Nn2c(C(C)C)nc3ccc(Br)cc3c2=O)cc(Cl)c1OCC(=O)Nc1ccccc1C. The van der Waals surface area contributed by atoms with E-state index in [1.165, 1.54) is 10.9 Å². The molecule has 0 aliphatic carbocycles. The molecule has 202 valence electrons. The van der Waals surface area contributed by atoms with Crippen molar-refractivity contribution in [1.82, 2.24) is 9.66 Å². The van der Waals surface area contributed by atoms with Crippen LogP contribution in [0.5, 0.6) is 11.5 Å². The predicted molar refractivity (Wildman–Crippen MR) is 159 cm³/mol. The van der Waals surface area contributed by atoms with E-state index in [0.717, 1.165) is 10.0 Å². The van der Waals surface area contributed by atoms with E-state index in [4.69, 9.17) is 21.1 Å². The van der Waals surface area contributed by atoms with Crippen LogP contribution in [0.3, 0.4) is 0 Å². The maximum atomic E-state index is 13.3. The average Bonchev–Trinajstić information content (AvgIpc) is 2.89. The summed E-state index contributed by atoms with van der Waals surface area (Å²) in [5.41, 5.74) is 2.55. The molecule has 10 heteroatoms. The Labute approximate surface area is 239 Å². The van der Waals surface area contributed by atoms with E-state index < -0.39 is 0 Å². The number of nitrogens with zero attached hydrogens (tertiary/aromatic N) is 3. The first-order chi connectivity index (χ1) is 18.7. The zero-order chi connectivity index (χ0) is 28.1. The van der Waals surface area contributed by atoms with Crippen LogP contribution >= 0.6 is 27.5 Å². The fourth-order valence-electron chi connectivity index (χ4n) is 3.88. The topological polar surface area (TPSA) is 94.8 Å². The number of hydrogen-bond acceptors (Lipinski definition) is 6. The Bertz CT molecular complexity index is 1620. The summed E-state index contributed by atoms with van der Waals surface area (Å²) in [5, 5.41) is 7.98. The molecule has 0 spiro atoms. The summed E-state index contributed by atoms with van der Waals surface area (Å²) in [6.45, 7) is 7.73. The van der Waals surface area contributed by atoms with E-state index >= 15 is 0 Å². The quantitative estimate of drug-likeness (QED) is 0.217. The van der Waals surface area contributed by atoms with E-state index in [0.29, 0.717) is 40.3 Å². The minimum absolute atomic E-state index is 0.0490. The highest BCUT2D eigenvalue weighted by molar-refractivity contribution is 9.10. The Morgan fingerprint density at radius 2 is 1.95 bits per heavy atom. The van der Waals surface area contributed by atoms with Gasteiger partial charge in [0.15, 0.2) is 18.1 Å². The van der Waals surface area contributed by atoms with Crippen molar-refractivity contribution in [3.63, 3.8) is 0 Å². The molecule has 0 bridgehead atoms. The lowest BCUT2D eigenvalue weighted by Gasteiger charge is -2.15. The van der Waals surface area contributed by atoms with Gasteiger partial charge >= 0.3 is 0 Å². The van der Waals surface area contributed by atoms with Gasteiger partial charge in [-0.3, -0.25) is 9.59 Å². The number of halogens is 2. The third-order valence-corrected chi connectivity index (χ3v) is 6.54. The van der Waals surface area contributed by atoms with Gasteiger partial charge in [0.1, 0.15) is 5.82 Å². The molecule has 39 heavy (non-hydrogen) atoms. The number of ether oxygens (including phenoxy) is 2. The number of hydrogen-bond donors (Lipinski definition) is 1. The predicted octanol–water partition coefficient (Wildman–Crippen LogP) is 6.54. The molecule has 4 aromatic rings. The van der Waals surface area contributed by atoms with Crippen LogP contribution in [0.25, 0.3) is 10.9 Å². The molecule has 0 radical (unpaired) electrons. The molecular weight excluding hydrogens is 584 g/mol. The normalized spacial score (nSPS) is 11.4. The number of carbonyl (C=O) groups is 1. The second kappa shape index (κ2) is 12.4. The second-order valence-electron chi connectivity index (χ2n) is 9.06.